The van der Waals surface area contributed by atoms with Gasteiger partial charge in [-0.1, -0.05) is 0 Å². The quantitative estimate of drug-likeness (QED) is 0.403. The molecule has 0 bridgehead atoms. The van der Waals surface area contributed by atoms with Gasteiger partial charge in [0.1, 0.15) is 15.5 Å². The molecule has 0 fully saturated rings. The number of benzene rings is 1. The first-order valence-corrected chi connectivity index (χ1v) is 9.21. The van der Waals surface area contributed by atoms with Crippen LogP contribution in [0, 0.1) is 13.8 Å². The number of H-pyrrole nitrogens is 1. The van der Waals surface area contributed by atoms with Crippen molar-refractivity contribution in [2.75, 3.05) is 12.8 Å². The van der Waals surface area contributed by atoms with Crippen molar-refractivity contribution in [2.45, 2.75) is 13.8 Å². The highest BCUT2D eigenvalue weighted by molar-refractivity contribution is 7.21. The van der Waals surface area contributed by atoms with E-state index in [2.05, 4.69) is 10.3 Å². The number of aromatic amines is 1. The van der Waals surface area contributed by atoms with Gasteiger partial charge in [-0.15, -0.1) is 11.3 Å². The van der Waals surface area contributed by atoms with E-state index in [9.17, 15) is 9.59 Å². The van der Waals surface area contributed by atoms with Crippen molar-refractivity contribution in [3.63, 3.8) is 0 Å². The van der Waals surface area contributed by atoms with Gasteiger partial charge in [0.2, 0.25) is 5.69 Å². The Morgan fingerprint density at radius 3 is 2.68 bits per heavy atom. The van der Waals surface area contributed by atoms with Gasteiger partial charge in [0.15, 0.2) is 0 Å². The first kappa shape index (κ1) is 17.9. The highest BCUT2D eigenvalue weighted by Crippen LogP contribution is 2.35. The van der Waals surface area contributed by atoms with Gasteiger partial charge in [0.05, 0.1) is 12.8 Å². The summed E-state index contributed by atoms with van der Waals surface area (Å²) in [4.78, 5) is 30.9. The predicted molar refractivity (Wildman–Crippen MR) is 104 cm³/mol. The third-order valence-corrected chi connectivity index (χ3v) is 5.52. The van der Waals surface area contributed by atoms with E-state index >= 15 is 0 Å². The molecule has 3 heterocycles. The minimum atomic E-state index is -0.779. The summed E-state index contributed by atoms with van der Waals surface area (Å²) in [5, 5.41) is 3.20. The number of hydrogen-bond acceptors (Lipinski definition) is 7. The van der Waals surface area contributed by atoms with Crippen LogP contribution in [0.4, 0.5) is 5.69 Å². The van der Waals surface area contributed by atoms with Crippen LogP contribution in [-0.2, 0) is 0 Å². The number of rotatable bonds is 4. The number of hydrogen-bond donors (Lipinski definition) is 2. The molecule has 0 aliphatic carbocycles. The lowest BCUT2D eigenvalue weighted by Gasteiger charge is -2.00. The summed E-state index contributed by atoms with van der Waals surface area (Å²) < 4.78 is 11.3. The van der Waals surface area contributed by atoms with E-state index in [1.807, 2.05) is 19.9 Å². The molecule has 0 saturated carbocycles. The molecule has 0 amide bonds. The second kappa shape index (κ2) is 6.61. The molecule has 0 radical (unpaired) electrons. The van der Waals surface area contributed by atoms with E-state index in [1.165, 1.54) is 4.68 Å². The number of nitrogen functional groups attached to an aromatic ring is 1. The van der Waals surface area contributed by atoms with Crippen LogP contribution in [-0.4, -0.2) is 23.1 Å². The van der Waals surface area contributed by atoms with Gasteiger partial charge in [-0.2, -0.15) is 0 Å². The second-order valence-electron chi connectivity index (χ2n) is 6.30. The zero-order valence-corrected chi connectivity index (χ0v) is 16.2. The Bertz CT molecular complexity index is 1270. The highest BCUT2D eigenvalue weighted by Gasteiger charge is 2.34. The second-order valence-corrected chi connectivity index (χ2v) is 7.30. The van der Waals surface area contributed by atoms with Crippen LogP contribution < -0.4 is 20.8 Å². The fourth-order valence-corrected chi connectivity index (χ4v) is 4.28. The van der Waals surface area contributed by atoms with Crippen molar-refractivity contribution in [3.8, 4) is 11.4 Å². The molecule has 3 N–H and O–H groups in total. The summed E-state index contributed by atoms with van der Waals surface area (Å²) in [5.41, 5.74) is 7.93. The molecule has 28 heavy (non-hydrogen) atoms. The number of methoxy groups -OCH3 is 1. The largest absolute Gasteiger partial charge is 0.497 e. The minimum Gasteiger partial charge on any atom is -0.497 e. The number of carbonyl (C=O) groups is 1. The zero-order chi connectivity index (χ0) is 20.0. The number of fused-ring (bicyclic) bond motifs is 1. The van der Waals surface area contributed by atoms with Crippen LogP contribution >= 0.6 is 11.3 Å². The van der Waals surface area contributed by atoms with Crippen LogP contribution in [0.5, 0.6) is 5.75 Å². The number of ether oxygens (including phenoxy) is 1. The van der Waals surface area contributed by atoms with E-state index in [-0.39, 0.29) is 10.6 Å². The SMILES string of the molecule is COc1ccc(-[n+]2[nH]oc(=O)c2C(=O)c2sc3nc(C)cc(C)c3c2N)cc1. The molecular formula is C19H17N4O4S+. The number of nitrogens with one attached hydrogen (secondary N) is 1. The number of nitrogens with two attached hydrogens (primary N) is 1. The van der Waals surface area contributed by atoms with E-state index in [0.29, 0.717) is 22.0 Å². The van der Waals surface area contributed by atoms with Gasteiger partial charge >= 0.3 is 11.3 Å². The maximum absolute atomic E-state index is 13.2. The fraction of sp³-hybridized carbons (Fsp3) is 0.158. The molecule has 8 nitrogen and oxygen atoms in total. The van der Waals surface area contributed by atoms with Crippen LogP contribution in [0.15, 0.2) is 39.6 Å². The lowest BCUT2D eigenvalue weighted by Crippen LogP contribution is -2.41. The summed E-state index contributed by atoms with van der Waals surface area (Å²) in [7, 11) is 1.55. The number of nitrogens with zero attached hydrogens (tertiary/aromatic N) is 2. The Morgan fingerprint density at radius 2 is 2.00 bits per heavy atom. The third-order valence-electron chi connectivity index (χ3n) is 4.42. The molecule has 0 unspecified atom stereocenters. The molecule has 3 aromatic heterocycles. The molecule has 0 saturated heterocycles. The standard InChI is InChI=1S/C19H16N4O4S/c1-9-8-10(2)21-18-13(9)14(20)17(28-18)16(24)15-19(25)27-22-23(15)11-4-6-12(26-3)7-5-11/h4-8H,1-3H3,(H2-,20,22,24,25)/p+1. The maximum Gasteiger partial charge on any atom is 0.439 e. The van der Waals surface area contributed by atoms with Crippen molar-refractivity contribution in [1.82, 2.24) is 10.3 Å². The normalized spacial score (nSPS) is 11.1. The summed E-state index contributed by atoms with van der Waals surface area (Å²) in [6, 6.07) is 8.73. The lowest BCUT2D eigenvalue weighted by atomic mass is 10.1. The minimum absolute atomic E-state index is 0.169. The summed E-state index contributed by atoms with van der Waals surface area (Å²) in [6.07, 6.45) is 0. The number of aryl methyl sites for hydroxylation is 2. The maximum atomic E-state index is 13.2. The zero-order valence-electron chi connectivity index (χ0n) is 15.4. The Hall–Kier alpha value is -3.46. The number of aromatic nitrogens is 3. The molecule has 0 spiro atoms. The predicted octanol–water partition coefficient (Wildman–Crippen LogP) is 2.29. The monoisotopic (exact) mass is 397 g/mol. The first-order chi connectivity index (χ1) is 13.4. The van der Waals surface area contributed by atoms with Crippen molar-refractivity contribution in [2.24, 2.45) is 0 Å². The van der Waals surface area contributed by atoms with Crippen molar-refractivity contribution in [3.05, 3.63) is 62.6 Å². The van der Waals surface area contributed by atoms with E-state index in [1.54, 1.807) is 31.4 Å². The average Bonchev–Trinajstić information content (AvgIpc) is 3.21. The lowest BCUT2D eigenvalue weighted by molar-refractivity contribution is -0.672. The summed E-state index contributed by atoms with van der Waals surface area (Å²) >= 11 is 1.16. The molecule has 0 aliphatic rings. The van der Waals surface area contributed by atoms with Gasteiger partial charge in [-0.25, -0.2) is 9.78 Å². The summed E-state index contributed by atoms with van der Waals surface area (Å²) in [6.45, 7) is 3.79. The Balaban J connectivity index is 1.86. The highest BCUT2D eigenvalue weighted by atomic mass is 32.1. The summed E-state index contributed by atoms with van der Waals surface area (Å²) in [5.74, 6) is 0.122. The number of carbonyl (C=O) groups excluding carboxylic acids is 1. The fourth-order valence-electron chi connectivity index (χ4n) is 3.13. The van der Waals surface area contributed by atoms with Crippen LogP contribution in [0.1, 0.15) is 26.6 Å². The van der Waals surface area contributed by atoms with Crippen molar-refractivity contribution < 1.29 is 18.7 Å². The van der Waals surface area contributed by atoms with Gasteiger partial charge in [-0.3, -0.25) is 9.32 Å². The smallest absolute Gasteiger partial charge is 0.439 e. The Kier molecular flexibility index (Phi) is 4.23. The van der Waals surface area contributed by atoms with E-state index < -0.39 is 11.4 Å². The molecule has 4 rings (SSSR count). The van der Waals surface area contributed by atoms with Crippen molar-refractivity contribution in [1.29, 1.82) is 0 Å². The van der Waals surface area contributed by atoms with E-state index in [0.717, 1.165) is 28.0 Å². The average molecular weight is 397 g/mol. The molecule has 142 valence electrons. The Labute approximate surface area is 163 Å². The van der Waals surface area contributed by atoms with E-state index in [4.69, 9.17) is 15.0 Å². The first-order valence-electron chi connectivity index (χ1n) is 8.39. The van der Waals surface area contributed by atoms with Gasteiger partial charge < -0.3 is 10.5 Å². The molecule has 9 heteroatoms. The molecule has 4 aromatic rings. The molecule has 1 aromatic carbocycles. The molecule has 0 aliphatic heterocycles. The van der Waals surface area contributed by atoms with Gasteiger partial charge in [0, 0.05) is 23.2 Å². The van der Waals surface area contributed by atoms with Crippen LogP contribution in [0.25, 0.3) is 15.9 Å². The number of thiophene rings is 1. The number of pyridine rings is 1. The Morgan fingerprint density at radius 1 is 1.29 bits per heavy atom. The van der Waals surface area contributed by atoms with Crippen LogP contribution in [0.2, 0.25) is 0 Å². The van der Waals surface area contributed by atoms with Crippen LogP contribution in [0.3, 0.4) is 0 Å². The van der Waals surface area contributed by atoms with Gasteiger partial charge in [0.25, 0.3) is 5.78 Å². The van der Waals surface area contributed by atoms with Crippen molar-refractivity contribution >= 4 is 33.0 Å². The topological polar surface area (TPSA) is 115 Å². The van der Waals surface area contributed by atoms with Gasteiger partial charge in [-0.05, 0) is 47.6 Å². The number of anilines is 1. The third kappa shape index (κ3) is 2.76. The molecular weight excluding hydrogens is 380 g/mol. The molecule has 0 atom stereocenters. The number of ketones is 1.